The van der Waals surface area contributed by atoms with Crippen LogP contribution in [0.25, 0.3) is 0 Å². The first-order valence-electron chi connectivity index (χ1n) is 5.58. The molecule has 8 heteroatoms. The SMILES string of the molecule is COc1ccc(NC(=O)NC(=O)CCC(=O)O)cc1F. The molecule has 0 saturated heterocycles. The van der Waals surface area contributed by atoms with Gasteiger partial charge in [0.05, 0.1) is 13.5 Å². The zero-order valence-corrected chi connectivity index (χ0v) is 10.6. The lowest BCUT2D eigenvalue weighted by Gasteiger charge is -2.08. The van der Waals surface area contributed by atoms with Crippen molar-refractivity contribution in [1.29, 1.82) is 0 Å². The van der Waals surface area contributed by atoms with Crippen molar-refractivity contribution in [3.05, 3.63) is 24.0 Å². The molecule has 0 aliphatic heterocycles. The average Bonchev–Trinajstić information content (AvgIpc) is 2.36. The number of carbonyl (C=O) groups excluding carboxylic acids is 2. The van der Waals surface area contributed by atoms with Gasteiger partial charge >= 0.3 is 12.0 Å². The molecule has 0 bridgehead atoms. The fraction of sp³-hybridized carbons (Fsp3) is 0.250. The van der Waals surface area contributed by atoms with E-state index in [2.05, 4.69) is 5.32 Å². The summed E-state index contributed by atoms with van der Waals surface area (Å²) in [5, 5.41) is 12.5. The molecule has 0 aromatic heterocycles. The van der Waals surface area contributed by atoms with E-state index in [0.717, 1.165) is 6.07 Å². The highest BCUT2D eigenvalue weighted by molar-refractivity contribution is 6.01. The highest BCUT2D eigenvalue weighted by atomic mass is 19.1. The highest BCUT2D eigenvalue weighted by Crippen LogP contribution is 2.20. The van der Waals surface area contributed by atoms with E-state index in [4.69, 9.17) is 9.84 Å². The predicted octanol–water partition coefficient (Wildman–Crippen LogP) is 1.35. The number of carbonyl (C=O) groups is 3. The lowest BCUT2D eigenvalue weighted by atomic mass is 10.3. The van der Waals surface area contributed by atoms with Gasteiger partial charge in [0.25, 0.3) is 0 Å². The summed E-state index contributed by atoms with van der Waals surface area (Å²) >= 11 is 0. The molecule has 20 heavy (non-hydrogen) atoms. The fourth-order valence-electron chi connectivity index (χ4n) is 1.32. The Kier molecular flexibility index (Phi) is 5.45. The number of aliphatic carboxylic acids is 1. The molecule has 3 N–H and O–H groups in total. The smallest absolute Gasteiger partial charge is 0.325 e. The maximum absolute atomic E-state index is 13.3. The van der Waals surface area contributed by atoms with E-state index in [9.17, 15) is 18.8 Å². The Balaban J connectivity index is 2.52. The van der Waals surface area contributed by atoms with Crippen molar-refractivity contribution in [3.8, 4) is 5.75 Å². The van der Waals surface area contributed by atoms with Crippen molar-refractivity contribution in [2.24, 2.45) is 0 Å². The number of anilines is 1. The maximum Gasteiger partial charge on any atom is 0.325 e. The molecule has 0 aliphatic rings. The van der Waals surface area contributed by atoms with Gasteiger partial charge in [0, 0.05) is 18.2 Å². The van der Waals surface area contributed by atoms with E-state index in [-0.39, 0.29) is 24.3 Å². The quantitative estimate of drug-likeness (QED) is 0.757. The highest BCUT2D eigenvalue weighted by Gasteiger charge is 2.11. The molecule has 1 aromatic carbocycles. The Bertz CT molecular complexity index is 533. The van der Waals surface area contributed by atoms with Crippen LogP contribution in [0.1, 0.15) is 12.8 Å². The van der Waals surface area contributed by atoms with Crippen LogP contribution in [0.2, 0.25) is 0 Å². The predicted molar refractivity (Wildman–Crippen MR) is 67.0 cm³/mol. The number of carboxylic acid groups (broad SMARTS) is 1. The number of benzene rings is 1. The van der Waals surface area contributed by atoms with E-state index in [1.165, 1.54) is 19.2 Å². The molecular weight excluding hydrogens is 271 g/mol. The van der Waals surface area contributed by atoms with Crippen molar-refractivity contribution < 1.29 is 28.6 Å². The van der Waals surface area contributed by atoms with Crippen LogP contribution in [-0.4, -0.2) is 30.1 Å². The third kappa shape index (κ3) is 4.92. The Morgan fingerprint density at radius 3 is 2.55 bits per heavy atom. The van der Waals surface area contributed by atoms with Gasteiger partial charge in [0.15, 0.2) is 11.6 Å². The average molecular weight is 284 g/mol. The monoisotopic (exact) mass is 284 g/mol. The van der Waals surface area contributed by atoms with E-state index >= 15 is 0 Å². The fourth-order valence-corrected chi connectivity index (χ4v) is 1.32. The largest absolute Gasteiger partial charge is 0.494 e. The van der Waals surface area contributed by atoms with Crippen molar-refractivity contribution in [2.75, 3.05) is 12.4 Å². The molecule has 0 atom stereocenters. The second-order valence-electron chi connectivity index (χ2n) is 3.75. The number of nitrogens with one attached hydrogen (secondary N) is 2. The van der Waals surface area contributed by atoms with Crippen LogP contribution < -0.4 is 15.4 Å². The Morgan fingerprint density at radius 1 is 1.30 bits per heavy atom. The van der Waals surface area contributed by atoms with E-state index in [0.29, 0.717) is 0 Å². The molecule has 0 radical (unpaired) electrons. The van der Waals surface area contributed by atoms with Gasteiger partial charge < -0.3 is 15.2 Å². The molecule has 0 heterocycles. The van der Waals surface area contributed by atoms with Crippen LogP contribution in [0.4, 0.5) is 14.9 Å². The number of methoxy groups -OCH3 is 1. The molecule has 7 nitrogen and oxygen atoms in total. The summed E-state index contributed by atoms with van der Waals surface area (Å²) in [5.74, 6) is -2.52. The maximum atomic E-state index is 13.3. The number of imide groups is 1. The number of carboxylic acids is 1. The van der Waals surface area contributed by atoms with Gasteiger partial charge in [-0.2, -0.15) is 0 Å². The molecule has 0 aliphatic carbocycles. The van der Waals surface area contributed by atoms with Crippen molar-refractivity contribution >= 4 is 23.6 Å². The lowest BCUT2D eigenvalue weighted by molar-refractivity contribution is -0.138. The van der Waals surface area contributed by atoms with E-state index in [1.807, 2.05) is 5.32 Å². The summed E-state index contributed by atoms with van der Waals surface area (Å²) in [6.07, 6.45) is -0.698. The minimum atomic E-state index is -1.14. The van der Waals surface area contributed by atoms with Crippen LogP contribution in [0.15, 0.2) is 18.2 Å². The van der Waals surface area contributed by atoms with Gasteiger partial charge in [-0.15, -0.1) is 0 Å². The zero-order valence-electron chi connectivity index (χ0n) is 10.6. The van der Waals surface area contributed by atoms with Gasteiger partial charge in [-0.05, 0) is 12.1 Å². The van der Waals surface area contributed by atoms with Gasteiger partial charge in [-0.3, -0.25) is 14.9 Å². The minimum Gasteiger partial charge on any atom is -0.494 e. The van der Waals surface area contributed by atoms with Crippen LogP contribution in [-0.2, 0) is 9.59 Å². The number of amides is 3. The number of halogens is 1. The van der Waals surface area contributed by atoms with Crippen molar-refractivity contribution in [2.45, 2.75) is 12.8 Å². The Labute approximate surface area is 113 Å². The third-order valence-electron chi connectivity index (χ3n) is 2.23. The molecule has 0 unspecified atom stereocenters. The lowest BCUT2D eigenvalue weighted by Crippen LogP contribution is -2.34. The molecule has 0 fully saturated rings. The number of rotatable bonds is 5. The van der Waals surface area contributed by atoms with Crippen LogP contribution in [0.3, 0.4) is 0 Å². The van der Waals surface area contributed by atoms with Gasteiger partial charge in [-0.25, -0.2) is 9.18 Å². The number of ether oxygens (including phenoxy) is 1. The van der Waals surface area contributed by atoms with E-state index < -0.39 is 23.7 Å². The summed E-state index contributed by atoms with van der Waals surface area (Å²) in [6, 6.07) is 2.87. The number of hydrogen-bond acceptors (Lipinski definition) is 4. The molecule has 0 saturated carbocycles. The minimum absolute atomic E-state index is 0.0218. The van der Waals surface area contributed by atoms with Gasteiger partial charge in [-0.1, -0.05) is 0 Å². The molecule has 1 rings (SSSR count). The van der Waals surface area contributed by atoms with Gasteiger partial charge in [0.2, 0.25) is 5.91 Å². The topological polar surface area (TPSA) is 105 Å². The van der Waals surface area contributed by atoms with Crippen molar-refractivity contribution in [3.63, 3.8) is 0 Å². The second kappa shape index (κ2) is 7.07. The van der Waals surface area contributed by atoms with Crippen LogP contribution in [0, 0.1) is 5.82 Å². The Hall–Kier alpha value is -2.64. The standard InChI is InChI=1S/C12H13FN2O5/c1-20-9-3-2-7(6-8(9)13)14-12(19)15-10(16)4-5-11(17)18/h2-3,6H,4-5H2,1H3,(H,17,18)(H2,14,15,16,19). The molecule has 3 amide bonds. The first-order chi connectivity index (χ1) is 9.42. The second-order valence-corrected chi connectivity index (χ2v) is 3.75. The normalized spacial score (nSPS) is 9.70. The first kappa shape index (κ1) is 15.4. The number of urea groups is 1. The molecule has 1 aromatic rings. The molecule has 0 spiro atoms. The van der Waals surface area contributed by atoms with Gasteiger partial charge in [0.1, 0.15) is 0 Å². The molecule has 108 valence electrons. The first-order valence-corrected chi connectivity index (χ1v) is 5.58. The summed E-state index contributed by atoms with van der Waals surface area (Å²) in [4.78, 5) is 32.8. The third-order valence-corrected chi connectivity index (χ3v) is 2.23. The summed E-state index contributed by atoms with van der Waals surface area (Å²) in [6.45, 7) is 0. The van der Waals surface area contributed by atoms with Crippen LogP contribution in [0.5, 0.6) is 5.75 Å². The summed E-state index contributed by atoms with van der Waals surface area (Å²) < 4.78 is 18.1. The summed E-state index contributed by atoms with van der Waals surface area (Å²) in [7, 11) is 1.30. The van der Waals surface area contributed by atoms with Crippen molar-refractivity contribution in [1.82, 2.24) is 5.32 Å². The molecular formula is C12H13FN2O5. The van der Waals surface area contributed by atoms with E-state index in [1.54, 1.807) is 0 Å². The number of hydrogen-bond donors (Lipinski definition) is 3. The summed E-state index contributed by atoms with van der Waals surface area (Å²) in [5.41, 5.74) is 0.131. The zero-order chi connectivity index (χ0) is 15.1. The van der Waals surface area contributed by atoms with Crippen LogP contribution >= 0.6 is 0 Å². The Morgan fingerprint density at radius 2 is 2.00 bits per heavy atom.